The summed E-state index contributed by atoms with van der Waals surface area (Å²) in [5.74, 6) is 1.42. The first-order chi connectivity index (χ1) is 18.9. The Morgan fingerprint density at radius 1 is 0.846 bits per heavy atom. The Labute approximate surface area is 237 Å². The maximum atomic E-state index is 12.9. The quantitative estimate of drug-likeness (QED) is 0.318. The van der Waals surface area contributed by atoms with Crippen LogP contribution in [0.15, 0.2) is 72.3 Å². The zero-order valence-electron chi connectivity index (χ0n) is 24.8. The van der Waals surface area contributed by atoms with Crippen molar-refractivity contribution in [3.05, 3.63) is 83.4 Å². The van der Waals surface area contributed by atoms with Gasteiger partial charge in [-0.15, -0.1) is 0 Å². The zero-order valence-corrected chi connectivity index (χ0v) is 24.8. The lowest BCUT2D eigenvalue weighted by molar-refractivity contribution is -0.137. The van der Waals surface area contributed by atoms with Crippen LogP contribution in [0, 0.1) is 23.7 Å². The molecule has 0 fully saturated rings. The summed E-state index contributed by atoms with van der Waals surface area (Å²) < 4.78 is 18.6. The van der Waals surface area contributed by atoms with Gasteiger partial charge in [-0.2, -0.15) is 0 Å². The molecule has 2 unspecified atom stereocenters. The van der Waals surface area contributed by atoms with Gasteiger partial charge < -0.3 is 14.2 Å². The number of esters is 1. The summed E-state index contributed by atoms with van der Waals surface area (Å²) in [6, 6.07) is 20.8. The molecule has 1 aliphatic carbocycles. The molecule has 0 saturated heterocycles. The molecule has 0 heterocycles. The normalized spacial score (nSPS) is 26.8. The molecule has 0 radical (unpaired) electrons. The fourth-order valence-corrected chi connectivity index (χ4v) is 5.73. The first-order valence-corrected chi connectivity index (χ1v) is 15.0. The summed E-state index contributed by atoms with van der Waals surface area (Å²) in [6.45, 7) is 10.4. The first kappa shape index (κ1) is 31.1. The van der Waals surface area contributed by atoms with Crippen LogP contribution in [0.4, 0.5) is 0 Å². The summed E-state index contributed by atoms with van der Waals surface area (Å²) in [5, 5.41) is 0. The van der Waals surface area contributed by atoms with Crippen molar-refractivity contribution < 1.29 is 19.0 Å². The second kappa shape index (κ2) is 16.6. The predicted molar refractivity (Wildman–Crippen MR) is 159 cm³/mol. The van der Waals surface area contributed by atoms with E-state index in [1.807, 2.05) is 24.3 Å². The van der Waals surface area contributed by atoms with Crippen molar-refractivity contribution in [3.63, 3.8) is 0 Å². The van der Waals surface area contributed by atoms with E-state index in [0.717, 1.165) is 36.8 Å². The van der Waals surface area contributed by atoms with Crippen LogP contribution in [0.25, 0.3) is 0 Å². The highest BCUT2D eigenvalue weighted by Gasteiger charge is 2.33. The molecular weight excluding hydrogens is 484 g/mol. The van der Waals surface area contributed by atoms with Crippen LogP contribution >= 0.6 is 0 Å². The van der Waals surface area contributed by atoms with Crippen LogP contribution < -0.4 is 0 Å². The highest BCUT2D eigenvalue weighted by molar-refractivity contribution is 5.88. The highest BCUT2D eigenvalue weighted by atomic mass is 16.5. The van der Waals surface area contributed by atoms with Crippen molar-refractivity contribution in [2.45, 2.75) is 98.1 Å². The van der Waals surface area contributed by atoms with Crippen LogP contribution in [0.5, 0.6) is 0 Å². The second-order valence-electron chi connectivity index (χ2n) is 11.8. The Bertz CT molecular complexity index is 984. The SMILES string of the molecule is COC(=O)/C1=C/CC[C@H](C)CCC[C@H](C)C(OCc2ccccc2)CC(C(C)C)[C@H](OCc2ccccc2)C1. The number of allylic oxidation sites excluding steroid dienone is 1. The lowest BCUT2D eigenvalue weighted by Gasteiger charge is -2.36. The molecule has 5 atom stereocenters. The van der Waals surface area contributed by atoms with Crippen molar-refractivity contribution in [2.75, 3.05) is 7.11 Å². The van der Waals surface area contributed by atoms with Crippen molar-refractivity contribution >= 4 is 5.97 Å². The Hall–Kier alpha value is -2.43. The molecule has 0 aliphatic heterocycles. The van der Waals surface area contributed by atoms with Crippen LogP contribution in [0.2, 0.25) is 0 Å². The summed E-state index contributed by atoms with van der Waals surface area (Å²) in [5.41, 5.74) is 3.08. The molecule has 0 aromatic heterocycles. The fourth-order valence-electron chi connectivity index (χ4n) is 5.73. The molecular formula is C35H50O4. The van der Waals surface area contributed by atoms with E-state index >= 15 is 0 Å². The van der Waals surface area contributed by atoms with Crippen LogP contribution in [-0.2, 0) is 32.2 Å². The molecule has 2 aromatic rings. The monoisotopic (exact) mass is 534 g/mol. The molecule has 0 bridgehead atoms. The predicted octanol–water partition coefficient (Wildman–Crippen LogP) is 8.55. The van der Waals surface area contributed by atoms with Crippen molar-refractivity contribution in [1.82, 2.24) is 0 Å². The number of carbonyl (C=O) groups excluding carboxylic acids is 1. The lowest BCUT2D eigenvalue weighted by atomic mass is 9.79. The standard InChI is InChI=1S/C35H50O4/c1-26(2)32-23-33(38-24-29-17-8-6-9-18-29)28(4)16-12-14-27(3)15-13-21-31(35(36)37-5)22-34(32)39-25-30-19-10-7-11-20-30/h6-11,17-21,26-28,32-34H,12-16,22-25H2,1-5H3/b31-21+/t27-,28+,32?,33?,34-/m1/s1. The summed E-state index contributed by atoms with van der Waals surface area (Å²) in [6.07, 6.45) is 9.08. The molecule has 0 N–H and O–H groups in total. The van der Waals surface area contributed by atoms with E-state index in [9.17, 15) is 4.79 Å². The maximum absolute atomic E-state index is 12.9. The van der Waals surface area contributed by atoms with Gasteiger partial charge >= 0.3 is 5.97 Å². The molecule has 3 rings (SSSR count). The van der Waals surface area contributed by atoms with Gasteiger partial charge in [-0.05, 0) is 60.5 Å². The van der Waals surface area contributed by atoms with Crippen molar-refractivity contribution in [1.29, 1.82) is 0 Å². The minimum absolute atomic E-state index is 0.115. The molecule has 214 valence electrons. The van der Waals surface area contributed by atoms with Crippen molar-refractivity contribution in [2.24, 2.45) is 23.7 Å². The number of carbonyl (C=O) groups is 1. The van der Waals surface area contributed by atoms with Crippen molar-refractivity contribution in [3.8, 4) is 0 Å². The number of rotatable bonds is 8. The summed E-state index contributed by atoms with van der Waals surface area (Å²) >= 11 is 0. The lowest BCUT2D eigenvalue weighted by Crippen LogP contribution is -2.35. The van der Waals surface area contributed by atoms with Gasteiger partial charge in [0, 0.05) is 12.0 Å². The third-order valence-electron chi connectivity index (χ3n) is 8.36. The van der Waals surface area contributed by atoms with E-state index in [2.05, 4.69) is 70.2 Å². The van der Waals surface area contributed by atoms with Crippen LogP contribution in [0.3, 0.4) is 0 Å². The van der Waals surface area contributed by atoms with Gasteiger partial charge in [-0.3, -0.25) is 0 Å². The number of hydrogen-bond donors (Lipinski definition) is 0. The van der Waals surface area contributed by atoms with Crippen LogP contribution in [0.1, 0.15) is 83.8 Å². The number of methoxy groups -OCH3 is 1. The van der Waals surface area contributed by atoms with E-state index in [4.69, 9.17) is 14.2 Å². The molecule has 39 heavy (non-hydrogen) atoms. The van der Waals surface area contributed by atoms with Gasteiger partial charge in [-0.25, -0.2) is 4.79 Å². The smallest absolute Gasteiger partial charge is 0.333 e. The Morgan fingerprint density at radius 3 is 2.00 bits per heavy atom. The topological polar surface area (TPSA) is 44.8 Å². The van der Waals surface area contributed by atoms with Gasteiger partial charge in [-0.1, -0.05) is 107 Å². The molecule has 0 amide bonds. The van der Waals surface area contributed by atoms with Gasteiger partial charge in [0.15, 0.2) is 0 Å². The molecule has 4 nitrogen and oxygen atoms in total. The number of benzene rings is 2. The minimum atomic E-state index is -0.240. The summed E-state index contributed by atoms with van der Waals surface area (Å²) in [4.78, 5) is 12.9. The Balaban J connectivity index is 1.91. The molecule has 0 saturated carbocycles. The molecule has 1 aliphatic rings. The van der Waals surface area contributed by atoms with E-state index in [-0.39, 0.29) is 24.1 Å². The highest BCUT2D eigenvalue weighted by Crippen LogP contribution is 2.34. The van der Waals surface area contributed by atoms with Crippen LogP contribution in [-0.4, -0.2) is 25.3 Å². The van der Waals surface area contributed by atoms with E-state index < -0.39 is 0 Å². The van der Waals surface area contributed by atoms with E-state index in [1.165, 1.54) is 25.5 Å². The largest absolute Gasteiger partial charge is 0.466 e. The number of ether oxygens (including phenoxy) is 3. The van der Waals surface area contributed by atoms with E-state index in [1.54, 1.807) is 0 Å². The maximum Gasteiger partial charge on any atom is 0.333 e. The Morgan fingerprint density at radius 2 is 1.44 bits per heavy atom. The average molecular weight is 535 g/mol. The third-order valence-corrected chi connectivity index (χ3v) is 8.36. The molecule has 0 spiro atoms. The zero-order chi connectivity index (χ0) is 28.0. The second-order valence-corrected chi connectivity index (χ2v) is 11.8. The van der Waals surface area contributed by atoms with Gasteiger partial charge in [0.2, 0.25) is 0 Å². The Kier molecular flexibility index (Phi) is 13.3. The molecule has 2 aromatic carbocycles. The number of hydrogen-bond acceptors (Lipinski definition) is 4. The van der Waals surface area contributed by atoms with E-state index in [0.29, 0.717) is 37.4 Å². The fraction of sp³-hybridized carbons (Fsp3) is 0.571. The molecule has 4 heteroatoms. The summed E-state index contributed by atoms with van der Waals surface area (Å²) in [7, 11) is 1.48. The van der Waals surface area contributed by atoms with Gasteiger partial charge in [0.05, 0.1) is 32.5 Å². The minimum Gasteiger partial charge on any atom is -0.466 e. The average Bonchev–Trinajstić information content (AvgIpc) is 2.94. The third kappa shape index (κ3) is 10.6. The van der Waals surface area contributed by atoms with Gasteiger partial charge in [0.25, 0.3) is 0 Å². The first-order valence-electron chi connectivity index (χ1n) is 15.0. The van der Waals surface area contributed by atoms with Gasteiger partial charge in [0.1, 0.15) is 0 Å².